The molecule has 2 fully saturated rings. The molecule has 2 aliphatic heterocycles. The summed E-state index contributed by atoms with van der Waals surface area (Å²) >= 11 is 1.59. The van der Waals surface area contributed by atoms with Gasteiger partial charge in [0.2, 0.25) is 0 Å². The fourth-order valence-electron chi connectivity index (χ4n) is 4.92. The van der Waals surface area contributed by atoms with Crippen LogP contribution in [0.25, 0.3) is 10.4 Å². The molecule has 1 aliphatic carbocycles. The second-order valence-electron chi connectivity index (χ2n) is 9.41. The van der Waals surface area contributed by atoms with E-state index in [1.165, 1.54) is 18.4 Å². The second kappa shape index (κ2) is 9.01. The standard InChI is InChI=1S/C28H28N2O3S/c31-25(17-19-5-6-19)26-18-21-11-12-30(24-4-2-1-3-23(24)27(21)34-26)28(32)20-7-9-22(10-8-20)29-13-15-33-16-14-29/h1-4,7-10,18-19H,5-6,11-17H2. The van der Waals surface area contributed by atoms with Crippen molar-refractivity contribution in [2.75, 3.05) is 42.6 Å². The first kappa shape index (κ1) is 21.6. The number of thiophene rings is 1. The van der Waals surface area contributed by atoms with Crippen molar-refractivity contribution in [2.24, 2.45) is 5.92 Å². The van der Waals surface area contributed by atoms with Gasteiger partial charge < -0.3 is 14.5 Å². The third kappa shape index (κ3) is 4.17. The number of ether oxygens (including phenoxy) is 1. The first-order valence-electron chi connectivity index (χ1n) is 12.2. The van der Waals surface area contributed by atoms with Gasteiger partial charge in [0.05, 0.1) is 23.8 Å². The summed E-state index contributed by atoms with van der Waals surface area (Å²) < 4.78 is 5.45. The van der Waals surface area contributed by atoms with E-state index >= 15 is 0 Å². The van der Waals surface area contributed by atoms with Gasteiger partial charge in [0.25, 0.3) is 5.91 Å². The van der Waals surface area contributed by atoms with Crippen LogP contribution in [0.2, 0.25) is 0 Å². The van der Waals surface area contributed by atoms with Gasteiger partial charge in [0, 0.05) is 47.7 Å². The molecule has 1 saturated carbocycles. The van der Waals surface area contributed by atoms with Crippen molar-refractivity contribution in [3.05, 3.63) is 70.6 Å². The second-order valence-corrected chi connectivity index (χ2v) is 10.5. The molecule has 174 valence electrons. The summed E-state index contributed by atoms with van der Waals surface area (Å²) in [4.78, 5) is 32.6. The van der Waals surface area contributed by atoms with Gasteiger partial charge in [-0.1, -0.05) is 18.2 Å². The maximum absolute atomic E-state index is 13.6. The lowest BCUT2D eigenvalue weighted by Crippen LogP contribution is -2.36. The first-order chi connectivity index (χ1) is 16.7. The maximum Gasteiger partial charge on any atom is 0.258 e. The highest BCUT2D eigenvalue weighted by molar-refractivity contribution is 7.17. The molecule has 34 heavy (non-hydrogen) atoms. The lowest BCUT2D eigenvalue weighted by molar-refractivity contribution is 0.0974. The Morgan fingerprint density at radius 2 is 1.74 bits per heavy atom. The average molecular weight is 473 g/mol. The summed E-state index contributed by atoms with van der Waals surface area (Å²) in [6.45, 7) is 3.83. The molecule has 0 bridgehead atoms. The van der Waals surface area contributed by atoms with Crippen LogP contribution in [0, 0.1) is 5.92 Å². The fraction of sp³-hybridized carbons (Fsp3) is 0.357. The average Bonchev–Trinajstić information content (AvgIpc) is 3.63. The number of hydrogen-bond acceptors (Lipinski definition) is 5. The van der Waals surface area contributed by atoms with Gasteiger partial charge in [-0.15, -0.1) is 11.3 Å². The van der Waals surface area contributed by atoms with Crippen LogP contribution in [0.1, 0.15) is 44.9 Å². The summed E-state index contributed by atoms with van der Waals surface area (Å²) in [6, 6.07) is 18.1. The number of benzene rings is 2. The van der Waals surface area contributed by atoms with E-state index in [4.69, 9.17) is 4.74 Å². The van der Waals surface area contributed by atoms with Gasteiger partial charge in [-0.3, -0.25) is 9.59 Å². The molecule has 1 aromatic heterocycles. The molecule has 1 amide bonds. The highest BCUT2D eigenvalue weighted by Gasteiger charge is 2.29. The van der Waals surface area contributed by atoms with Gasteiger partial charge in [-0.2, -0.15) is 0 Å². The smallest absolute Gasteiger partial charge is 0.258 e. The minimum Gasteiger partial charge on any atom is -0.378 e. The number of carbonyl (C=O) groups excluding carboxylic acids is 2. The molecule has 6 rings (SSSR count). The predicted molar refractivity (Wildman–Crippen MR) is 136 cm³/mol. The Labute approximate surface area is 204 Å². The van der Waals surface area contributed by atoms with Crippen LogP contribution in [0.5, 0.6) is 0 Å². The van der Waals surface area contributed by atoms with E-state index in [0.29, 0.717) is 24.4 Å². The van der Waals surface area contributed by atoms with Crippen molar-refractivity contribution in [2.45, 2.75) is 25.7 Å². The fourth-order valence-corrected chi connectivity index (χ4v) is 6.11. The molecule has 0 unspecified atom stereocenters. The van der Waals surface area contributed by atoms with Crippen molar-refractivity contribution in [1.29, 1.82) is 0 Å². The minimum absolute atomic E-state index is 0.0150. The number of morpholine rings is 1. The molecule has 6 heteroatoms. The molecule has 5 nitrogen and oxygen atoms in total. The van der Waals surface area contributed by atoms with Crippen molar-refractivity contribution >= 4 is 34.4 Å². The van der Waals surface area contributed by atoms with E-state index in [1.54, 1.807) is 11.3 Å². The van der Waals surface area contributed by atoms with Crippen LogP contribution in [0.4, 0.5) is 11.4 Å². The third-order valence-electron chi connectivity index (χ3n) is 7.03. The quantitative estimate of drug-likeness (QED) is 0.464. The molecule has 3 aromatic rings. The van der Waals surface area contributed by atoms with Crippen molar-refractivity contribution in [3.63, 3.8) is 0 Å². The molecule has 0 radical (unpaired) electrons. The molecule has 0 N–H and O–H groups in total. The zero-order valence-electron chi connectivity index (χ0n) is 19.2. The van der Waals surface area contributed by atoms with Crippen LogP contribution >= 0.6 is 11.3 Å². The molecule has 2 aromatic carbocycles. The number of ketones is 1. The van der Waals surface area contributed by atoms with E-state index in [-0.39, 0.29) is 11.7 Å². The number of amides is 1. The summed E-state index contributed by atoms with van der Waals surface area (Å²) in [5, 5.41) is 0. The van der Waals surface area contributed by atoms with Crippen molar-refractivity contribution in [1.82, 2.24) is 0 Å². The zero-order valence-corrected chi connectivity index (χ0v) is 20.0. The number of hydrogen-bond donors (Lipinski definition) is 0. The number of Topliss-reactive ketones (excluding diaryl/α,β-unsaturated/α-hetero) is 1. The largest absolute Gasteiger partial charge is 0.378 e. The monoisotopic (exact) mass is 472 g/mol. The van der Waals surface area contributed by atoms with Crippen LogP contribution in [0.3, 0.4) is 0 Å². The summed E-state index contributed by atoms with van der Waals surface area (Å²) in [7, 11) is 0. The first-order valence-corrected chi connectivity index (χ1v) is 13.0. The molecule has 0 spiro atoms. The zero-order chi connectivity index (χ0) is 23.1. The van der Waals surface area contributed by atoms with Crippen molar-refractivity contribution in [3.8, 4) is 10.4 Å². The highest BCUT2D eigenvalue weighted by atomic mass is 32.1. The summed E-state index contributed by atoms with van der Waals surface area (Å²) in [6.07, 6.45) is 3.79. The Morgan fingerprint density at radius 3 is 2.50 bits per heavy atom. The maximum atomic E-state index is 13.6. The molecule has 3 heterocycles. The predicted octanol–water partition coefficient (Wildman–Crippen LogP) is 5.44. The Balaban J connectivity index is 1.27. The van der Waals surface area contributed by atoms with Gasteiger partial charge in [0.15, 0.2) is 5.78 Å². The minimum atomic E-state index is 0.0150. The van der Waals surface area contributed by atoms with Crippen LogP contribution < -0.4 is 9.80 Å². The summed E-state index contributed by atoms with van der Waals surface area (Å²) in [5.74, 6) is 0.872. The van der Waals surface area contributed by atoms with Gasteiger partial charge in [0.1, 0.15) is 0 Å². The van der Waals surface area contributed by atoms with Crippen LogP contribution in [0.15, 0.2) is 54.6 Å². The Morgan fingerprint density at radius 1 is 0.971 bits per heavy atom. The van der Waals surface area contributed by atoms with E-state index in [0.717, 1.165) is 59.4 Å². The highest BCUT2D eigenvalue weighted by Crippen LogP contribution is 2.43. The molecule has 3 aliphatic rings. The van der Waals surface area contributed by atoms with Crippen LogP contribution in [-0.4, -0.2) is 44.5 Å². The third-order valence-corrected chi connectivity index (χ3v) is 8.29. The van der Waals surface area contributed by atoms with Crippen LogP contribution in [-0.2, 0) is 11.2 Å². The SMILES string of the molecule is O=C(CC1CC1)c1cc2c(s1)-c1ccccc1N(C(=O)c1ccc(N3CCOCC3)cc1)CC2. The summed E-state index contributed by atoms with van der Waals surface area (Å²) in [5.41, 5.74) is 4.96. The normalized spacial score (nSPS) is 17.6. The lowest BCUT2D eigenvalue weighted by atomic mass is 10.1. The van der Waals surface area contributed by atoms with Gasteiger partial charge in [-0.05, 0) is 67.1 Å². The molecule has 1 saturated heterocycles. The molecular formula is C28H28N2O3S. The number of anilines is 2. The van der Waals surface area contributed by atoms with E-state index < -0.39 is 0 Å². The van der Waals surface area contributed by atoms with E-state index in [1.807, 2.05) is 47.4 Å². The number of para-hydroxylation sites is 1. The van der Waals surface area contributed by atoms with Crippen molar-refractivity contribution < 1.29 is 14.3 Å². The van der Waals surface area contributed by atoms with E-state index in [2.05, 4.69) is 17.0 Å². The Kier molecular flexibility index (Phi) is 5.71. The lowest BCUT2D eigenvalue weighted by Gasteiger charge is -2.29. The Bertz CT molecular complexity index is 1220. The number of rotatable bonds is 5. The van der Waals surface area contributed by atoms with E-state index in [9.17, 15) is 9.59 Å². The Hall–Kier alpha value is -2.96. The molecule has 0 atom stereocenters. The topological polar surface area (TPSA) is 49.9 Å². The number of fused-ring (bicyclic) bond motifs is 3. The number of nitrogens with zero attached hydrogens (tertiary/aromatic N) is 2. The van der Waals surface area contributed by atoms with Gasteiger partial charge >= 0.3 is 0 Å². The molecular weight excluding hydrogens is 444 g/mol. The van der Waals surface area contributed by atoms with Gasteiger partial charge in [-0.25, -0.2) is 0 Å². The number of carbonyl (C=O) groups is 2.